The van der Waals surface area contributed by atoms with Crippen LogP contribution in [0.1, 0.15) is 21.9 Å². The van der Waals surface area contributed by atoms with Crippen molar-refractivity contribution in [3.63, 3.8) is 0 Å². The van der Waals surface area contributed by atoms with E-state index in [1.54, 1.807) is 43.0 Å². The Morgan fingerprint density at radius 1 is 1.42 bits per heavy atom. The van der Waals surface area contributed by atoms with Crippen molar-refractivity contribution in [2.75, 3.05) is 6.54 Å². The summed E-state index contributed by atoms with van der Waals surface area (Å²) in [4.78, 5) is 12.5. The molecule has 26 heavy (non-hydrogen) atoms. The Morgan fingerprint density at radius 2 is 2.23 bits per heavy atom. The van der Waals surface area contributed by atoms with Crippen LogP contribution in [0.3, 0.4) is 0 Å². The molecule has 0 bridgehead atoms. The predicted octanol–water partition coefficient (Wildman–Crippen LogP) is 1.82. The molecule has 2 heterocycles. The fourth-order valence-corrected chi connectivity index (χ4v) is 2.78. The van der Waals surface area contributed by atoms with Crippen molar-refractivity contribution in [1.29, 1.82) is 0 Å². The van der Waals surface area contributed by atoms with Crippen LogP contribution >= 0.6 is 0 Å². The maximum atomic E-state index is 13.3. The third-order valence-corrected chi connectivity index (χ3v) is 4.12. The van der Waals surface area contributed by atoms with Crippen LogP contribution in [-0.4, -0.2) is 33.5 Å². The lowest BCUT2D eigenvalue weighted by molar-refractivity contribution is 0.0908. The van der Waals surface area contributed by atoms with Gasteiger partial charge in [0.2, 0.25) is 0 Å². The first-order valence-electron chi connectivity index (χ1n) is 8.18. The Hall–Kier alpha value is -3.00. The van der Waals surface area contributed by atoms with Crippen LogP contribution in [0.5, 0.6) is 0 Å². The lowest BCUT2D eigenvalue weighted by Crippen LogP contribution is -2.41. The first kappa shape index (κ1) is 17.8. The van der Waals surface area contributed by atoms with Crippen LogP contribution < -0.4 is 11.1 Å². The monoisotopic (exact) mass is 357 g/mol. The number of amides is 1. The highest BCUT2D eigenvalue weighted by atomic mass is 19.1. The van der Waals surface area contributed by atoms with Gasteiger partial charge < -0.3 is 15.5 Å². The lowest BCUT2D eigenvalue weighted by Gasteiger charge is -2.16. The Labute approximate surface area is 150 Å². The molecule has 0 saturated heterocycles. The second kappa shape index (κ2) is 7.49. The van der Waals surface area contributed by atoms with Gasteiger partial charge in [0.15, 0.2) is 5.76 Å². The van der Waals surface area contributed by atoms with Gasteiger partial charge in [-0.25, -0.2) is 9.07 Å². The van der Waals surface area contributed by atoms with Gasteiger partial charge in [0.1, 0.15) is 11.6 Å². The van der Waals surface area contributed by atoms with Gasteiger partial charge in [0, 0.05) is 25.2 Å². The molecule has 136 valence electrons. The van der Waals surface area contributed by atoms with Crippen LogP contribution in [0, 0.1) is 12.7 Å². The van der Waals surface area contributed by atoms with Crippen molar-refractivity contribution < 1.29 is 13.6 Å². The Balaban J connectivity index is 1.73. The molecule has 0 aliphatic rings. The van der Waals surface area contributed by atoms with E-state index in [1.165, 1.54) is 12.1 Å². The number of aromatic nitrogens is 3. The zero-order valence-corrected chi connectivity index (χ0v) is 14.6. The van der Waals surface area contributed by atoms with Crippen molar-refractivity contribution in [2.24, 2.45) is 12.8 Å². The number of nitrogens with zero attached hydrogens (tertiary/aromatic N) is 3. The fraction of sp³-hybridized carbons (Fsp3) is 0.278. The SMILES string of the molecule is Cc1oc(C(=O)N[C@H](CN)Cc2cccc(F)c2)cc1-c1cnnn1C. The van der Waals surface area contributed by atoms with Crippen LogP contribution in [0.15, 0.2) is 40.9 Å². The lowest BCUT2D eigenvalue weighted by atomic mass is 10.1. The summed E-state index contributed by atoms with van der Waals surface area (Å²) in [5.74, 6) is 0.0772. The number of carbonyl (C=O) groups is 1. The zero-order chi connectivity index (χ0) is 18.7. The third-order valence-electron chi connectivity index (χ3n) is 4.12. The minimum atomic E-state index is -0.374. The minimum absolute atomic E-state index is 0.177. The minimum Gasteiger partial charge on any atom is -0.455 e. The molecule has 0 radical (unpaired) electrons. The molecular weight excluding hydrogens is 337 g/mol. The molecular formula is C18H20FN5O2. The molecule has 1 amide bonds. The van der Waals surface area contributed by atoms with Crippen molar-refractivity contribution in [3.05, 3.63) is 59.4 Å². The summed E-state index contributed by atoms with van der Waals surface area (Å²) in [5.41, 5.74) is 8.02. The maximum absolute atomic E-state index is 13.3. The molecule has 7 nitrogen and oxygen atoms in total. The molecule has 0 aliphatic heterocycles. The number of rotatable bonds is 6. The Bertz CT molecular complexity index is 918. The van der Waals surface area contributed by atoms with E-state index in [2.05, 4.69) is 15.6 Å². The fourth-order valence-electron chi connectivity index (χ4n) is 2.78. The van der Waals surface area contributed by atoms with Crippen LogP contribution in [-0.2, 0) is 13.5 Å². The van der Waals surface area contributed by atoms with E-state index in [4.69, 9.17) is 10.2 Å². The Kier molecular flexibility index (Phi) is 5.13. The predicted molar refractivity (Wildman–Crippen MR) is 93.9 cm³/mol. The molecule has 1 aromatic carbocycles. The first-order chi connectivity index (χ1) is 12.5. The van der Waals surface area contributed by atoms with Crippen molar-refractivity contribution >= 4 is 5.91 Å². The summed E-state index contributed by atoms with van der Waals surface area (Å²) in [6.45, 7) is 1.99. The van der Waals surface area contributed by atoms with E-state index in [0.717, 1.165) is 16.8 Å². The highest BCUT2D eigenvalue weighted by Gasteiger charge is 2.20. The third kappa shape index (κ3) is 3.80. The highest BCUT2D eigenvalue weighted by molar-refractivity contribution is 5.93. The smallest absolute Gasteiger partial charge is 0.287 e. The average molecular weight is 357 g/mol. The quantitative estimate of drug-likeness (QED) is 0.701. The number of aryl methyl sites for hydroxylation is 2. The molecule has 1 atom stereocenters. The molecule has 0 spiro atoms. The van der Waals surface area contributed by atoms with E-state index in [9.17, 15) is 9.18 Å². The van der Waals surface area contributed by atoms with Gasteiger partial charge in [-0.2, -0.15) is 0 Å². The van der Waals surface area contributed by atoms with Crippen molar-refractivity contribution in [1.82, 2.24) is 20.3 Å². The second-order valence-corrected chi connectivity index (χ2v) is 6.06. The summed E-state index contributed by atoms with van der Waals surface area (Å²) in [7, 11) is 1.76. The number of furan rings is 1. The van der Waals surface area contributed by atoms with E-state index in [1.807, 2.05) is 0 Å². The number of halogens is 1. The second-order valence-electron chi connectivity index (χ2n) is 6.06. The van der Waals surface area contributed by atoms with E-state index in [0.29, 0.717) is 12.2 Å². The molecule has 0 fully saturated rings. The van der Waals surface area contributed by atoms with Crippen molar-refractivity contribution in [3.8, 4) is 11.3 Å². The van der Waals surface area contributed by atoms with Crippen molar-refractivity contribution in [2.45, 2.75) is 19.4 Å². The number of hydrogen-bond donors (Lipinski definition) is 2. The first-order valence-corrected chi connectivity index (χ1v) is 8.18. The molecule has 3 aromatic rings. The molecule has 0 saturated carbocycles. The van der Waals surface area contributed by atoms with Gasteiger partial charge in [0.25, 0.3) is 5.91 Å². The maximum Gasteiger partial charge on any atom is 0.287 e. The van der Waals surface area contributed by atoms with E-state index in [-0.39, 0.29) is 30.1 Å². The number of nitrogens with one attached hydrogen (secondary N) is 1. The van der Waals surface area contributed by atoms with Crippen LogP contribution in [0.25, 0.3) is 11.3 Å². The molecule has 0 unspecified atom stereocenters. The summed E-state index contributed by atoms with van der Waals surface area (Å²) in [6, 6.07) is 7.54. The number of nitrogens with two attached hydrogens (primary N) is 1. The number of carbonyl (C=O) groups excluding carboxylic acids is 1. The van der Waals surface area contributed by atoms with Gasteiger partial charge in [-0.3, -0.25) is 4.79 Å². The summed E-state index contributed by atoms with van der Waals surface area (Å²) < 4.78 is 20.5. The zero-order valence-electron chi connectivity index (χ0n) is 14.6. The number of benzene rings is 1. The molecule has 0 aliphatic carbocycles. The van der Waals surface area contributed by atoms with Gasteiger partial charge in [-0.05, 0) is 37.1 Å². The van der Waals surface area contributed by atoms with Gasteiger partial charge in [-0.1, -0.05) is 17.3 Å². The van der Waals surface area contributed by atoms with E-state index >= 15 is 0 Å². The van der Waals surface area contributed by atoms with Crippen LogP contribution in [0.4, 0.5) is 4.39 Å². The van der Waals surface area contributed by atoms with Crippen LogP contribution in [0.2, 0.25) is 0 Å². The van der Waals surface area contributed by atoms with Gasteiger partial charge in [-0.15, -0.1) is 5.10 Å². The van der Waals surface area contributed by atoms with Gasteiger partial charge in [0.05, 0.1) is 11.9 Å². The largest absolute Gasteiger partial charge is 0.455 e. The topological polar surface area (TPSA) is 99.0 Å². The molecule has 8 heteroatoms. The van der Waals surface area contributed by atoms with Gasteiger partial charge >= 0.3 is 0 Å². The number of hydrogen-bond acceptors (Lipinski definition) is 5. The Morgan fingerprint density at radius 3 is 2.88 bits per heavy atom. The summed E-state index contributed by atoms with van der Waals surface area (Å²) in [6.07, 6.45) is 2.03. The average Bonchev–Trinajstić information content (AvgIpc) is 3.19. The molecule has 3 rings (SSSR count). The normalized spacial score (nSPS) is 12.2. The summed E-state index contributed by atoms with van der Waals surface area (Å²) in [5, 5.41) is 10.5. The highest BCUT2D eigenvalue weighted by Crippen LogP contribution is 2.25. The standard InChI is InChI=1S/C18H20FN5O2/c1-11-15(16-10-21-23-24(16)2)8-17(26-11)18(25)22-14(9-20)7-12-4-3-5-13(19)6-12/h3-6,8,10,14H,7,9,20H2,1-2H3,(H,22,25)/t14-/m0/s1. The molecule has 2 aromatic heterocycles. The summed E-state index contributed by atoms with van der Waals surface area (Å²) >= 11 is 0. The molecule has 3 N–H and O–H groups in total. The van der Waals surface area contributed by atoms with E-state index < -0.39 is 0 Å².